The molecule has 0 amide bonds. The summed E-state index contributed by atoms with van der Waals surface area (Å²) in [5.74, 6) is 2.46. The molecule has 0 unspecified atom stereocenters. The van der Waals surface area contributed by atoms with Crippen LogP contribution in [-0.2, 0) is 9.47 Å². The van der Waals surface area contributed by atoms with Crippen LogP contribution in [0.25, 0.3) is 0 Å². The Morgan fingerprint density at radius 1 is 0.968 bits per heavy atom. The van der Waals surface area contributed by atoms with Crippen molar-refractivity contribution < 1.29 is 14.2 Å². The zero-order valence-electron chi connectivity index (χ0n) is 17.9. The maximum atomic E-state index is 5.79. The first-order valence-electron chi connectivity index (χ1n) is 10.8. The maximum absolute atomic E-state index is 5.79. The minimum Gasteiger partial charge on any atom is -0.493 e. The summed E-state index contributed by atoms with van der Waals surface area (Å²) in [4.78, 5) is 18.1. The third-order valence-corrected chi connectivity index (χ3v) is 4.95. The van der Waals surface area contributed by atoms with Crippen molar-refractivity contribution in [3.05, 3.63) is 29.8 Å². The summed E-state index contributed by atoms with van der Waals surface area (Å²) < 4.78 is 16.7. The van der Waals surface area contributed by atoms with Gasteiger partial charge in [-0.15, -0.1) is 0 Å². The number of benzene rings is 1. The van der Waals surface area contributed by atoms with Gasteiger partial charge in [0.25, 0.3) is 0 Å². The molecule has 3 heterocycles. The van der Waals surface area contributed by atoms with Gasteiger partial charge >= 0.3 is 0 Å². The van der Waals surface area contributed by atoms with Gasteiger partial charge in [-0.05, 0) is 18.6 Å². The molecule has 0 bridgehead atoms. The smallest absolute Gasteiger partial charge is 0.250 e. The predicted molar refractivity (Wildman–Crippen MR) is 119 cm³/mol. The molecular formula is C21H29N7O3. The van der Waals surface area contributed by atoms with E-state index in [9.17, 15) is 0 Å². The quantitative estimate of drug-likeness (QED) is 0.499. The molecule has 2 fully saturated rings. The Balaban J connectivity index is 1.53. The summed E-state index contributed by atoms with van der Waals surface area (Å²) in [6, 6.07) is 7.80. The van der Waals surface area contributed by atoms with Gasteiger partial charge in [0, 0.05) is 31.7 Å². The molecule has 2 aliphatic rings. The number of morpholine rings is 2. The van der Waals surface area contributed by atoms with E-state index in [1.165, 1.54) is 0 Å². The molecule has 2 saturated heterocycles. The molecule has 0 radical (unpaired) electrons. The summed E-state index contributed by atoms with van der Waals surface area (Å²) in [7, 11) is 0. The summed E-state index contributed by atoms with van der Waals surface area (Å²) >= 11 is 0. The van der Waals surface area contributed by atoms with E-state index < -0.39 is 0 Å². The van der Waals surface area contributed by atoms with Crippen molar-refractivity contribution in [3.63, 3.8) is 0 Å². The lowest BCUT2D eigenvalue weighted by Crippen LogP contribution is -2.40. The first kappa shape index (κ1) is 21.3. The SMILES string of the molecule is CCCOc1ccccc1/C=N\Nc1nc(N2CCOCC2)nc(N2CCOCC2)n1. The van der Waals surface area contributed by atoms with Gasteiger partial charge < -0.3 is 24.0 Å². The van der Waals surface area contributed by atoms with Gasteiger partial charge in [-0.2, -0.15) is 20.1 Å². The molecular weight excluding hydrogens is 398 g/mol. The molecule has 1 N–H and O–H groups in total. The van der Waals surface area contributed by atoms with E-state index in [1.54, 1.807) is 6.21 Å². The van der Waals surface area contributed by atoms with Crippen LogP contribution in [0.4, 0.5) is 17.8 Å². The fourth-order valence-corrected chi connectivity index (χ4v) is 3.30. The van der Waals surface area contributed by atoms with Crippen LogP contribution in [0.3, 0.4) is 0 Å². The van der Waals surface area contributed by atoms with Crippen LogP contribution < -0.4 is 20.0 Å². The minimum absolute atomic E-state index is 0.404. The Bertz CT molecular complexity index is 832. The molecule has 2 aromatic rings. The number of para-hydroxylation sites is 1. The number of nitrogens with one attached hydrogen (secondary N) is 1. The van der Waals surface area contributed by atoms with Gasteiger partial charge in [-0.1, -0.05) is 19.1 Å². The highest BCUT2D eigenvalue weighted by Crippen LogP contribution is 2.19. The summed E-state index contributed by atoms with van der Waals surface area (Å²) in [6.45, 7) is 8.38. The Kier molecular flexibility index (Phi) is 7.46. The van der Waals surface area contributed by atoms with Crippen molar-refractivity contribution in [2.45, 2.75) is 13.3 Å². The van der Waals surface area contributed by atoms with Crippen LogP contribution in [0.5, 0.6) is 5.75 Å². The minimum atomic E-state index is 0.404. The largest absolute Gasteiger partial charge is 0.493 e. The molecule has 166 valence electrons. The lowest BCUT2D eigenvalue weighted by molar-refractivity contribution is 0.121. The molecule has 0 spiro atoms. The number of hydrazone groups is 1. The number of aromatic nitrogens is 3. The number of rotatable bonds is 8. The third-order valence-electron chi connectivity index (χ3n) is 4.95. The van der Waals surface area contributed by atoms with E-state index >= 15 is 0 Å². The zero-order valence-corrected chi connectivity index (χ0v) is 17.9. The molecule has 10 heteroatoms. The number of nitrogens with zero attached hydrogens (tertiary/aromatic N) is 6. The standard InChI is InChI=1S/C21H29N7O3/c1-2-11-31-18-6-4-3-5-17(18)16-22-26-19-23-20(27-7-12-29-13-8-27)25-21(24-19)28-9-14-30-15-10-28/h3-6,16H,2,7-15H2,1H3,(H,23,24,25,26)/b22-16-. The van der Waals surface area contributed by atoms with E-state index in [4.69, 9.17) is 19.2 Å². The zero-order chi connectivity index (χ0) is 21.3. The number of ether oxygens (including phenoxy) is 3. The maximum Gasteiger partial charge on any atom is 0.250 e. The number of hydrogen-bond donors (Lipinski definition) is 1. The average Bonchev–Trinajstić information content (AvgIpc) is 2.84. The molecule has 10 nitrogen and oxygen atoms in total. The van der Waals surface area contributed by atoms with Crippen LogP contribution in [0.1, 0.15) is 18.9 Å². The van der Waals surface area contributed by atoms with Crippen molar-refractivity contribution in [1.29, 1.82) is 0 Å². The van der Waals surface area contributed by atoms with Crippen molar-refractivity contribution >= 4 is 24.1 Å². The molecule has 31 heavy (non-hydrogen) atoms. The number of anilines is 3. The summed E-state index contributed by atoms with van der Waals surface area (Å²) in [6.07, 6.45) is 2.67. The molecule has 2 aliphatic heterocycles. The highest BCUT2D eigenvalue weighted by molar-refractivity contribution is 5.83. The Morgan fingerprint density at radius 3 is 2.19 bits per heavy atom. The lowest BCUT2D eigenvalue weighted by atomic mass is 10.2. The van der Waals surface area contributed by atoms with Gasteiger partial charge in [0.1, 0.15) is 5.75 Å². The van der Waals surface area contributed by atoms with Crippen molar-refractivity contribution in [2.75, 3.05) is 74.4 Å². The van der Waals surface area contributed by atoms with E-state index in [-0.39, 0.29) is 0 Å². The van der Waals surface area contributed by atoms with Gasteiger partial charge in [0.05, 0.1) is 39.2 Å². The van der Waals surface area contributed by atoms with Crippen molar-refractivity contribution in [3.8, 4) is 5.75 Å². The van der Waals surface area contributed by atoms with Crippen LogP contribution >= 0.6 is 0 Å². The second kappa shape index (κ2) is 10.9. The summed E-state index contributed by atoms with van der Waals surface area (Å²) in [5.41, 5.74) is 3.86. The molecule has 0 aliphatic carbocycles. The molecule has 0 saturated carbocycles. The van der Waals surface area contributed by atoms with Gasteiger partial charge in [-0.25, -0.2) is 5.43 Å². The highest BCUT2D eigenvalue weighted by atomic mass is 16.5. The van der Waals surface area contributed by atoms with Crippen LogP contribution in [0.2, 0.25) is 0 Å². The van der Waals surface area contributed by atoms with E-state index in [0.29, 0.717) is 50.9 Å². The normalized spacial score (nSPS) is 17.2. The average molecular weight is 428 g/mol. The molecule has 4 rings (SSSR count). The monoisotopic (exact) mass is 427 g/mol. The van der Waals surface area contributed by atoms with Crippen LogP contribution in [-0.4, -0.2) is 80.4 Å². The van der Waals surface area contributed by atoms with Crippen molar-refractivity contribution in [2.24, 2.45) is 5.10 Å². The molecule has 1 aromatic carbocycles. The van der Waals surface area contributed by atoms with Crippen LogP contribution in [0.15, 0.2) is 29.4 Å². The Morgan fingerprint density at radius 2 is 1.58 bits per heavy atom. The Labute approximate surface area is 182 Å². The summed E-state index contributed by atoms with van der Waals surface area (Å²) in [5, 5.41) is 4.36. The molecule has 1 aromatic heterocycles. The van der Waals surface area contributed by atoms with Gasteiger partial charge in [0.2, 0.25) is 17.8 Å². The fraction of sp³-hybridized carbons (Fsp3) is 0.524. The van der Waals surface area contributed by atoms with E-state index in [2.05, 4.69) is 37.2 Å². The second-order valence-corrected chi connectivity index (χ2v) is 7.21. The highest BCUT2D eigenvalue weighted by Gasteiger charge is 2.20. The van der Waals surface area contributed by atoms with E-state index in [0.717, 1.165) is 43.9 Å². The van der Waals surface area contributed by atoms with Crippen LogP contribution in [0, 0.1) is 0 Å². The predicted octanol–water partition coefficient (Wildman–Crippen LogP) is 1.78. The molecule has 0 atom stereocenters. The van der Waals surface area contributed by atoms with Gasteiger partial charge in [-0.3, -0.25) is 0 Å². The van der Waals surface area contributed by atoms with Gasteiger partial charge in [0.15, 0.2) is 0 Å². The first-order valence-corrected chi connectivity index (χ1v) is 10.8. The third kappa shape index (κ3) is 5.80. The van der Waals surface area contributed by atoms with E-state index in [1.807, 2.05) is 24.3 Å². The first-order chi connectivity index (χ1) is 15.3. The number of hydrogen-bond acceptors (Lipinski definition) is 10. The second-order valence-electron chi connectivity index (χ2n) is 7.21. The van der Waals surface area contributed by atoms with Crippen molar-refractivity contribution in [1.82, 2.24) is 15.0 Å². The fourth-order valence-electron chi connectivity index (χ4n) is 3.30. The lowest BCUT2D eigenvalue weighted by Gasteiger charge is -2.30. The topological polar surface area (TPSA) is 97.2 Å². The Hall–Kier alpha value is -2.98.